The fraction of sp³-hybridized carbons (Fsp3) is 0.250. The van der Waals surface area contributed by atoms with Crippen molar-refractivity contribution in [2.24, 2.45) is 5.92 Å². The summed E-state index contributed by atoms with van der Waals surface area (Å²) in [6.07, 6.45) is 1.44. The van der Waals surface area contributed by atoms with Gasteiger partial charge in [-0.05, 0) is 30.2 Å². The Balaban J connectivity index is 1.93. The van der Waals surface area contributed by atoms with E-state index in [2.05, 4.69) is 0 Å². The van der Waals surface area contributed by atoms with Gasteiger partial charge < -0.3 is 14.3 Å². The van der Waals surface area contributed by atoms with E-state index in [0.717, 1.165) is 16.7 Å². The van der Waals surface area contributed by atoms with Gasteiger partial charge in [-0.1, -0.05) is 37.8 Å². The molecule has 1 saturated heterocycles. The van der Waals surface area contributed by atoms with Crippen molar-refractivity contribution in [1.29, 1.82) is 0 Å². The maximum absolute atomic E-state index is 12.8. The number of carbonyl (C=O) groups is 2. The largest absolute Gasteiger partial charge is 0.497 e. The average Bonchev–Trinajstić information content (AvgIpc) is 3.27. The van der Waals surface area contributed by atoms with Crippen LogP contribution in [0.15, 0.2) is 39.7 Å². The van der Waals surface area contributed by atoms with E-state index in [9.17, 15) is 24.8 Å². The second kappa shape index (κ2) is 8.90. The van der Waals surface area contributed by atoms with Crippen molar-refractivity contribution < 1.29 is 28.8 Å². The summed E-state index contributed by atoms with van der Waals surface area (Å²) >= 11 is 6.20. The van der Waals surface area contributed by atoms with Gasteiger partial charge in [0.1, 0.15) is 27.6 Å². The number of hydrogen-bond donors (Lipinski definition) is 1. The monoisotopic (exact) mass is 462 g/mol. The second-order valence-corrected chi connectivity index (χ2v) is 8.60. The lowest BCUT2D eigenvalue weighted by atomic mass is 10.0. The molecule has 2 aromatic rings. The number of hydrogen-bond acceptors (Lipinski definition) is 8. The highest BCUT2D eigenvalue weighted by Crippen LogP contribution is 2.38. The van der Waals surface area contributed by atoms with Crippen molar-refractivity contribution in [1.82, 2.24) is 4.90 Å². The predicted octanol–water partition coefficient (Wildman–Crippen LogP) is 4.17. The van der Waals surface area contributed by atoms with Gasteiger partial charge in [0, 0.05) is 6.08 Å². The SMILES string of the molecule is COc1ccc(-c2ccc(/C=C3\SC(=S)N(C(C(=O)O)C(C)C)C3=O)o2)c([N+](=O)[O-])c1. The van der Waals surface area contributed by atoms with Crippen molar-refractivity contribution in [3.63, 3.8) is 0 Å². The quantitative estimate of drug-likeness (QED) is 0.279. The molecule has 1 fully saturated rings. The Labute approximate surface area is 186 Å². The molecule has 0 aliphatic carbocycles. The standard InChI is InChI=1S/C20H18N2O7S2/c1-10(2)17(19(24)25)21-18(23)16(31-20(21)30)9-12-5-7-15(29-12)13-6-4-11(28-3)8-14(13)22(26)27/h4-10,17H,1-3H3,(H,24,25)/b16-9-. The normalized spacial score (nSPS) is 16.3. The first-order chi connectivity index (χ1) is 14.6. The lowest BCUT2D eigenvalue weighted by Crippen LogP contribution is -2.47. The minimum absolute atomic E-state index is 0.148. The number of rotatable bonds is 7. The van der Waals surface area contributed by atoms with Gasteiger partial charge in [0.15, 0.2) is 0 Å². The number of aliphatic carboxylic acids is 1. The van der Waals surface area contributed by atoms with E-state index >= 15 is 0 Å². The summed E-state index contributed by atoms with van der Waals surface area (Å²) in [7, 11) is 1.41. The number of nitrogens with zero attached hydrogens (tertiary/aromatic N) is 2. The molecule has 1 unspecified atom stereocenters. The van der Waals surface area contributed by atoms with E-state index in [4.69, 9.17) is 21.4 Å². The first-order valence-electron chi connectivity index (χ1n) is 9.06. The number of ether oxygens (including phenoxy) is 1. The number of nitro groups is 1. The molecule has 1 aliphatic rings. The molecule has 3 rings (SSSR count). The van der Waals surface area contributed by atoms with Crippen LogP contribution in [0.4, 0.5) is 5.69 Å². The van der Waals surface area contributed by atoms with Crippen LogP contribution in [0.1, 0.15) is 19.6 Å². The van der Waals surface area contributed by atoms with E-state index < -0.39 is 22.8 Å². The van der Waals surface area contributed by atoms with Gasteiger partial charge in [-0.3, -0.25) is 19.8 Å². The number of amides is 1. The first kappa shape index (κ1) is 22.5. The Morgan fingerprint density at radius 3 is 2.65 bits per heavy atom. The maximum atomic E-state index is 12.8. The molecule has 1 aliphatic heterocycles. The lowest BCUT2D eigenvalue weighted by Gasteiger charge is -2.26. The molecule has 1 N–H and O–H groups in total. The fourth-order valence-electron chi connectivity index (χ4n) is 3.12. The zero-order chi connectivity index (χ0) is 22.9. The van der Waals surface area contributed by atoms with Crippen LogP contribution >= 0.6 is 24.0 Å². The lowest BCUT2D eigenvalue weighted by molar-refractivity contribution is -0.384. The molecule has 1 amide bonds. The fourth-order valence-corrected chi connectivity index (χ4v) is 4.43. The molecule has 11 heteroatoms. The molecule has 0 spiro atoms. The third-order valence-corrected chi connectivity index (χ3v) is 5.88. The molecule has 0 saturated carbocycles. The number of carbonyl (C=O) groups excluding carboxylic acids is 1. The molecule has 1 aromatic carbocycles. The second-order valence-electron chi connectivity index (χ2n) is 6.92. The highest BCUT2D eigenvalue weighted by molar-refractivity contribution is 8.26. The summed E-state index contributed by atoms with van der Waals surface area (Å²) in [5, 5.41) is 20.9. The van der Waals surface area contributed by atoms with Crippen molar-refractivity contribution in [3.05, 3.63) is 51.1 Å². The molecule has 2 heterocycles. The zero-order valence-corrected chi connectivity index (χ0v) is 18.4. The topological polar surface area (TPSA) is 123 Å². The van der Waals surface area contributed by atoms with Crippen molar-refractivity contribution in [2.45, 2.75) is 19.9 Å². The maximum Gasteiger partial charge on any atom is 0.327 e. The number of methoxy groups -OCH3 is 1. The van der Waals surface area contributed by atoms with Crippen LogP contribution in [0.25, 0.3) is 17.4 Å². The number of thiocarbonyl (C=S) groups is 1. The highest BCUT2D eigenvalue weighted by atomic mass is 32.2. The van der Waals surface area contributed by atoms with Gasteiger partial charge in [0.25, 0.3) is 11.6 Å². The van der Waals surface area contributed by atoms with Gasteiger partial charge in [-0.25, -0.2) is 4.79 Å². The average molecular weight is 463 g/mol. The van der Waals surface area contributed by atoms with Gasteiger partial charge >= 0.3 is 5.97 Å². The molecule has 9 nitrogen and oxygen atoms in total. The van der Waals surface area contributed by atoms with Gasteiger partial charge in [0.05, 0.1) is 28.6 Å². The van der Waals surface area contributed by atoms with E-state index in [0.29, 0.717) is 5.75 Å². The minimum Gasteiger partial charge on any atom is -0.497 e. The van der Waals surface area contributed by atoms with Crippen LogP contribution in [0.3, 0.4) is 0 Å². The van der Waals surface area contributed by atoms with Crippen LogP contribution in [0.2, 0.25) is 0 Å². The Bertz CT molecular complexity index is 1110. The summed E-state index contributed by atoms with van der Waals surface area (Å²) in [5.41, 5.74) is 0.0663. The number of nitro benzene ring substituents is 1. The molecule has 1 aromatic heterocycles. The predicted molar refractivity (Wildman–Crippen MR) is 119 cm³/mol. The Hall–Kier alpha value is -3.18. The van der Waals surface area contributed by atoms with Crippen LogP contribution < -0.4 is 4.74 Å². The molecule has 0 radical (unpaired) electrons. The van der Waals surface area contributed by atoms with Crippen molar-refractivity contribution in [3.8, 4) is 17.1 Å². The molecule has 1 atom stereocenters. The van der Waals surface area contributed by atoms with Crippen molar-refractivity contribution in [2.75, 3.05) is 7.11 Å². The third-order valence-electron chi connectivity index (χ3n) is 4.55. The molecular weight excluding hydrogens is 444 g/mol. The van der Waals surface area contributed by atoms with E-state index in [1.54, 1.807) is 32.0 Å². The van der Waals surface area contributed by atoms with Crippen LogP contribution in [0.5, 0.6) is 5.75 Å². The van der Waals surface area contributed by atoms with E-state index in [1.807, 2.05) is 0 Å². The summed E-state index contributed by atoms with van der Waals surface area (Å²) in [4.78, 5) is 36.6. The zero-order valence-electron chi connectivity index (χ0n) is 16.7. The number of benzene rings is 1. The molecule has 162 valence electrons. The molecule has 0 bridgehead atoms. The number of carboxylic acid groups (broad SMARTS) is 1. The Morgan fingerprint density at radius 2 is 2.06 bits per heavy atom. The summed E-state index contributed by atoms with van der Waals surface area (Å²) < 4.78 is 10.9. The Morgan fingerprint density at radius 1 is 1.35 bits per heavy atom. The van der Waals surface area contributed by atoms with Crippen molar-refractivity contribution >= 4 is 51.9 Å². The molecule has 31 heavy (non-hydrogen) atoms. The summed E-state index contributed by atoms with van der Waals surface area (Å²) in [6.45, 7) is 3.39. The third kappa shape index (κ3) is 4.47. The summed E-state index contributed by atoms with van der Waals surface area (Å²) in [6, 6.07) is 6.42. The van der Waals surface area contributed by atoms with Gasteiger partial charge in [-0.15, -0.1) is 0 Å². The molecular formula is C20H18N2O7S2. The van der Waals surface area contributed by atoms with Crippen LogP contribution in [0, 0.1) is 16.0 Å². The van der Waals surface area contributed by atoms with Crippen LogP contribution in [-0.2, 0) is 9.59 Å². The number of furan rings is 1. The van der Waals surface area contributed by atoms with Crippen LogP contribution in [-0.4, -0.2) is 44.3 Å². The number of thioether (sulfide) groups is 1. The number of carboxylic acids is 1. The summed E-state index contributed by atoms with van der Waals surface area (Å²) in [5.74, 6) is -1.16. The van der Waals surface area contributed by atoms with E-state index in [-0.39, 0.29) is 37.9 Å². The van der Waals surface area contributed by atoms with E-state index in [1.165, 1.54) is 25.3 Å². The smallest absolute Gasteiger partial charge is 0.327 e. The Kier molecular flexibility index (Phi) is 6.46. The van der Waals surface area contributed by atoms with Gasteiger partial charge in [0.2, 0.25) is 0 Å². The highest BCUT2D eigenvalue weighted by Gasteiger charge is 2.42. The minimum atomic E-state index is -1.14. The first-order valence-corrected chi connectivity index (χ1v) is 10.3. The van der Waals surface area contributed by atoms with Gasteiger partial charge in [-0.2, -0.15) is 0 Å².